The zero-order valence-corrected chi connectivity index (χ0v) is 18.2. The maximum absolute atomic E-state index is 12.8. The Morgan fingerprint density at radius 3 is 2.45 bits per heavy atom. The third kappa shape index (κ3) is 4.60. The van der Waals surface area contributed by atoms with E-state index >= 15 is 0 Å². The summed E-state index contributed by atoms with van der Waals surface area (Å²) in [6.45, 7) is 6.60. The van der Waals surface area contributed by atoms with Gasteiger partial charge >= 0.3 is 0 Å². The molecule has 7 nitrogen and oxygen atoms in total. The van der Waals surface area contributed by atoms with Crippen LogP contribution in [0.15, 0.2) is 48.7 Å². The molecule has 0 spiro atoms. The van der Waals surface area contributed by atoms with E-state index in [4.69, 9.17) is 0 Å². The molecule has 0 saturated carbocycles. The van der Waals surface area contributed by atoms with Gasteiger partial charge in [0.05, 0.1) is 18.7 Å². The van der Waals surface area contributed by atoms with Gasteiger partial charge in [-0.3, -0.25) is 9.59 Å². The van der Waals surface area contributed by atoms with Gasteiger partial charge in [0.2, 0.25) is 5.91 Å². The molecule has 7 heteroatoms. The second-order valence-electron chi connectivity index (χ2n) is 8.03. The minimum Gasteiger partial charge on any atom is -0.342 e. The Kier molecular flexibility index (Phi) is 6.30. The summed E-state index contributed by atoms with van der Waals surface area (Å²) < 4.78 is 1.79. The van der Waals surface area contributed by atoms with Gasteiger partial charge in [-0.15, -0.1) is 5.10 Å². The number of likely N-dealkylation sites (tertiary alicyclic amines) is 1. The summed E-state index contributed by atoms with van der Waals surface area (Å²) in [6, 6.07) is 14.6. The standard InChI is InChI=1S/C24H29N5O2/c1-3-27(4-2)24(31)22-17-29(26-25-22)21-11-13-28(14-12-21)23(30)16-18-9-10-19-7-5-6-8-20(19)15-18/h5-10,15,17,21H,3-4,11-14,16H2,1-2H3. The van der Waals surface area contributed by atoms with Crippen LogP contribution in [0.3, 0.4) is 0 Å². The van der Waals surface area contributed by atoms with E-state index in [1.165, 1.54) is 5.39 Å². The highest BCUT2D eigenvalue weighted by Crippen LogP contribution is 2.23. The van der Waals surface area contributed by atoms with Gasteiger partial charge in [0.1, 0.15) is 0 Å². The zero-order chi connectivity index (χ0) is 21.8. The van der Waals surface area contributed by atoms with Gasteiger partial charge in [0.25, 0.3) is 5.91 Å². The lowest BCUT2D eigenvalue weighted by Gasteiger charge is -2.32. The number of carbonyl (C=O) groups excluding carboxylic acids is 2. The number of carbonyl (C=O) groups is 2. The van der Waals surface area contributed by atoms with Gasteiger partial charge in [-0.05, 0) is 43.0 Å². The van der Waals surface area contributed by atoms with Crippen molar-refractivity contribution in [3.8, 4) is 0 Å². The molecule has 0 atom stereocenters. The molecule has 2 heterocycles. The predicted molar refractivity (Wildman–Crippen MR) is 120 cm³/mol. The average molecular weight is 420 g/mol. The summed E-state index contributed by atoms with van der Waals surface area (Å²) in [4.78, 5) is 29.0. The lowest BCUT2D eigenvalue weighted by Crippen LogP contribution is -2.40. The first-order valence-electron chi connectivity index (χ1n) is 11.1. The summed E-state index contributed by atoms with van der Waals surface area (Å²) in [7, 11) is 0. The number of hydrogen-bond acceptors (Lipinski definition) is 4. The molecule has 0 N–H and O–H groups in total. The SMILES string of the molecule is CCN(CC)C(=O)c1cn(C2CCN(C(=O)Cc3ccc4ccccc4c3)CC2)nn1. The summed E-state index contributed by atoms with van der Waals surface area (Å²) in [5.41, 5.74) is 1.43. The molecule has 162 valence electrons. The van der Waals surface area contributed by atoms with Crippen LogP contribution in [0.5, 0.6) is 0 Å². The van der Waals surface area contributed by atoms with Gasteiger partial charge in [0.15, 0.2) is 5.69 Å². The molecule has 31 heavy (non-hydrogen) atoms. The van der Waals surface area contributed by atoms with Gasteiger partial charge < -0.3 is 9.80 Å². The van der Waals surface area contributed by atoms with Crippen molar-refractivity contribution in [3.63, 3.8) is 0 Å². The van der Waals surface area contributed by atoms with E-state index in [1.807, 2.05) is 36.9 Å². The number of hydrogen-bond donors (Lipinski definition) is 0. The monoisotopic (exact) mass is 419 g/mol. The highest BCUT2D eigenvalue weighted by Gasteiger charge is 2.26. The second-order valence-corrected chi connectivity index (χ2v) is 8.03. The number of nitrogens with zero attached hydrogens (tertiary/aromatic N) is 5. The molecule has 1 aliphatic rings. The first kappa shape index (κ1) is 21.0. The average Bonchev–Trinajstić information content (AvgIpc) is 3.30. The lowest BCUT2D eigenvalue weighted by atomic mass is 10.0. The van der Waals surface area contributed by atoms with E-state index in [0.29, 0.717) is 38.3 Å². The Bertz CT molecular complexity index is 1060. The van der Waals surface area contributed by atoms with Crippen molar-refractivity contribution in [1.82, 2.24) is 24.8 Å². The number of piperidine rings is 1. The number of fused-ring (bicyclic) bond motifs is 1. The Labute approximate surface area is 182 Å². The fraction of sp³-hybridized carbons (Fsp3) is 0.417. The third-order valence-corrected chi connectivity index (χ3v) is 6.14. The van der Waals surface area contributed by atoms with Crippen molar-refractivity contribution in [2.45, 2.75) is 39.2 Å². The fourth-order valence-corrected chi connectivity index (χ4v) is 4.24. The highest BCUT2D eigenvalue weighted by atomic mass is 16.2. The van der Waals surface area contributed by atoms with Crippen molar-refractivity contribution in [3.05, 3.63) is 59.9 Å². The molecule has 3 aromatic rings. The van der Waals surface area contributed by atoms with Gasteiger partial charge in [-0.2, -0.15) is 0 Å². The van der Waals surface area contributed by atoms with Crippen LogP contribution >= 0.6 is 0 Å². The van der Waals surface area contributed by atoms with Crippen LogP contribution in [0.4, 0.5) is 0 Å². The van der Waals surface area contributed by atoms with Crippen LogP contribution in [0.25, 0.3) is 10.8 Å². The predicted octanol–water partition coefficient (Wildman–Crippen LogP) is 3.32. The molecule has 2 amide bonds. The first-order valence-corrected chi connectivity index (χ1v) is 11.1. The van der Waals surface area contributed by atoms with E-state index in [9.17, 15) is 9.59 Å². The van der Waals surface area contributed by atoms with Gasteiger partial charge in [-0.1, -0.05) is 47.7 Å². The molecule has 1 fully saturated rings. The maximum Gasteiger partial charge on any atom is 0.276 e. The lowest BCUT2D eigenvalue weighted by molar-refractivity contribution is -0.131. The largest absolute Gasteiger partial charge is 0.342 e. The summed E-state index contributed by atoms with van der Waals surface area (Å²) in [5.74, 6) is 0.0731. The third-order valence-electron chi connectivity index (χ3n) is 6.14. The van der Waals surface area contributed by atoms with Crippen LogP contribution in [-0.2, 0) is 11.2 Å². The van der Waals surface area contributed by atoms with E-state index in [0.717, 1.165) is 23.8 Å². The Balaban J connectivity index is 1.34. The Hall–Kier alpha value is -3.22. The van der Waals surface area contributed by atoms with Crippen LogP contribution in [0, 0.1) is 0 Å². The van der Waals surface area contributed by atoms with Crippen LogP contribution in [-0.4, -0.2) is 62.8 Å². The van der Waals surface area contributed by atoms with Crippen molar-refractivity contribution in [2.75, 3.05) is 26.2 Å². The van der Waals surface area contributed by atoms with E-state index in [1.54, 1.807) is 15.8 Å². The molecule has 1 aliphatic heterocycles. The molecular weight excluding hydrogens is 390 g/mol. The Morgan fingerprint density at radius 1 is 1.03 bits per heavy atom. The fourth-order valence-electron chi connectivity index (χ4n) is 4.24. The summed E-state index contributed by atoms with van der Waals surface area (Å²) in [6.07, 6.45) is 3.79. The highest BCUT2D eigenvalue weighted by molar-refractivity contribution is 5.91. The molecule has 0 unspecified atom stereocenters. The molecule has 1 aromatic heterocycles. The molecule has 4 rings (SSSR count). The minimum atomic E-state index is -0.0840. The van der Waals surface area contributed by atoms with E-state index < -0.39 is 0 Å². The summed E-state index contributed by atoms with van der Waals surface area (Å²) in [5, 5.41) is 10.6. The summed E-state index contributed by atoms with van der Waals surface area (Å²) >= 11 is 0. The zero-order valence-electron chi connectivity index (χ0n) is 18.2. The van der Waals surface area contributed by atoms with Crippen molar-refractivity contribution in [1.29, 1.82) is 0 Å². The van der Waals surface area contributed by atoms with Crippen molar-refractivity contribution < 1.29 is 9.59 Å². The van der Waals surface area contributed by atoms with Crippen molar-refractivity contribution >= 4 is 22.6 Å². The topological polar surface area (TPSA) is 71.3 Å². The normalized spacial score (nSPS) is 14.7. The molecule has 0 radical (unpaired) electrons. The minimum absolute atomic E-state index is 0.0840. The van der Waals surface area contributed by atoms with E-state index in [-0.39, 0.29) is 17.9 Å². The van der Waals surface area contributed by atoms with Gasteiger partial charge in [-0.25, -0.2) is 4.68 Å². The maximum atomic E-state index is 12.8. The quantitative estimate of drug-likeness (QED) is 0.615. The second kappa shape index (κ2) is 9.29. The molecule has 0 bridgehead atoms. The van der Waals surface area contributed by atoms with Gasteiger partial charge in [0, 0.05) is 26.2 Å². The van der Waals surface area contributed by atoms with Crippen LogP contribution in [0.2, 0.25) is 0 Å². The smallest absolute Gasteiger partial charge is 0.276 e. The molecule has 1 saturated heterocycles. The number of benzene rings is 2. The first-order chi connectivity index (χ1) is 15.1. The van der Waals surface area contributed by atoms with Crippen LogP contribution < -0.4 is 0 Å². The molecular formula is C24H29N5O2. The number of amides is 2. The molecule has 2 aromatic carbocycles. The molecule has 0 aliphatic carbocycles. The Morgan fingerprint density at radius 2 is 1.74 bits per heavy atom. The number of aromatic nitrogens is 3. The number of rotatable bonds is 6. The van der Waals surface area contributed by atoms with E-state index in [2.05, 4.69) is 34.6 Å². The van der Waals surface area contributed by atoms with Crippen molar-refractivity contribution in [2.24, 2.45) is 0 Å². The van der Waals surface area contributed by atoms with Crippen LogP contribution in [0.1, 0.15) is 48.8 Å².